The van der Waals surface area contributed by atoms with E-state index in [0.717, 1.165) is 36.5 Å². The maximum atomic E-state index is 13.4. The van der Waals surface area contributed by atoms with Crippen molar-refractivity contribution in [2.45, 2.75) is 39.5 Å². The predicted octanol–water partition coefficient (Wildman–Crippen LogP) is 6.06. The highest BCUT2D eigenvalue weighted by atomic mass is 31.2. The van der Waals surface area contributed by atoms with E-state index in [1.165, 1.54) is 0 Å². The van der Waals surface area contributed by atoms with Crippen molar-refractivity contribution in [2.24, 2.45) is 0 Å². The molecule has 0 aromatic heterocycles. The Hall–Kier alpha value is -1.39. The molecule has 0 spiro atoms. The van der Waals surface area contributed by atoms with Crippen LogP contribution in [0.5, 0.6) is 5.75 Å². The third-order valence-corrected chi connectivity index (χ3v) is 6.14. The number of hydrogen-bond acceptors (Lipinski definition) is 5. The molecule has 28 heavy (non-hydrogen) atoms. The van der Waals surface area contributed by atoms with Gasteiger partial charge in [0.25, 0.3) is 0 Å². The van der Waals surface area contributed by atoms with E-state index in [-0.39, 0.29) is 6.16 Å². The molecule has 5 nitrogen and oxygen atoms in total. The second-order valence-electron chi connectivity index (χ2n) is 6.61. The largest absolute Gasteiger partial charge is 0.424 e. The SMILES string of the molecule is CCCCCCOP(=O)(CCOCCOCC)Oc1cccc2ccccc12. The Morgan fingerprint density at radius 3 is 2.43 bits per heavy atom. The van der Waals surface area contributed by atoms with Gasteiger partial charge in [0.05, 0.1) is 32.6 Å². The normalized spacial score (nSPS) is 13.5. The van der Waals surface area contributed by atoms with E-state index in [1.807, 2.05) is 49.4 Å². The highest BCUT2D eigenvalue weighted by molar-refractivity contribution is 7.54. The van der Waals surface area contributed by atoms with Crippen LogP contribution in [0.2, 0.25) is 0 Å². The summed E-state index contributed by atoms with van der Waals surface area (Å²) in [6.45, 7) is 6.51. The van der Waals surface area contributed by atoms with Gasteiger partial charge in [0.2, 0.25) is 0 Å². The molecule has 2 aromatic rings. The Morgan fingerprint density at radius 2 is 1.61 bits per heavy atom. The zero-order valence-corrected chi connectivity index (χ0v) is 18.0. The molecule has 0 fully saturated rings. The topological polar surface area (TPSA) is 54.0 Å². The summed E-state index contributed by atoms with van der Waals surface area (Å²) >= 11 is 0. The summed E-state index contributed by atoms with van der Waals surface area (Å²) in [5.41, 5.74) is 0. The van der Waals surface area contributed by atoms with Crippen LogP contribution in [0.1, 0.15) is 39.5 Å². The lowest BCUT2D eigenvalue weighted by molar-refractivity contribution is 0.0576. The van der Waals surface area contributed by atoms with Crippen LogP contribution in [0.15, 0.2) is 42.5 Å². The van der Waals surface area contributed by atoms with Gasteiger partial charge in [0.1, 0.15) is 5.75 Å². The molecule has 156 valence electrons. The van der Waals surface area contributed by atoms with E-state index >= 15 is 0 Å². The van der Waals surface area contributed by atoms with Gasteiger partial charge in [-0.15, -0.1) is 0 Å². The standard InChI is InChI=1S/C22H33O5P/c1-3-5-6-9-15-26-28(23,19-18-25-17-16-24-4-2)27-22-14-10-12-20-11-7-8-13-21(20)22/h7-8,10-14H,3-6,9,15-19H2,1-2H3. The number of ether oxygens (including phenoxy) is 2. The third kappa shape index (κ3) is 7.92. The van der Waals surface area contributed by atoms with Crippen LogP contribution < -0.4 is 4.52 Å². The lowest BCUT2D eigenvalue weighted by Gasteiger charge is -2.20. The minimum atomic E-state index is -3.32. The van der Waals surface area contributed by atoms with Crippen molar-refractivity contribution in [1.29, 1.82) is 0 Å². The Balaban J connectivity index is 2.00. The Labute approximate surface area is 168 Å². The van der Waals surface area contributed by atoms with Gasteiger partial charge in [0, 0.05) is 12.0 Å². The van der Waals surface area contributed by atoms with Crippen molar-refractivity contribution in [2.75, 3.05) is 39.2 Å². The second kappa shape index (κ2) is 12.9. The van der Waals surface area contributed by atoms with Crippen LogP contribution in [0.3, 0.4) is 0 Å². The van der Waals surface area contributed by atoms with E-state index in [9.17, 15) is 4.57 Å². The molecule has 0 aliphatic carbocycles. The summed E-state index contributed by atoms with van der Waals surface area (Å²) < 4.78 is 35.9. The number of unbranched alkanes of at least 4 members (excludes halogenated alkanes) is 3. The zero-order chi connectivity index (χ0) is 20.1. The molecule has 6 heteroatoms. The minimum Gasteiger partial charge on any atom is -0.424 e. The first-order valence-corrected chi connectivity index (χ1v) is 12.0. The quantitative estimate of drug-likeness (QED) is 0.265. The lowest BCUT2D eigenvalue weighted by Crippen LogP contribution is -2.11. The van der Waals surface area contributed by atoms with E-state index in [1.54, 1.807) is 0 Å². The van der Waals surface area contributed by atoms with E-state index in [4.69, 9.17) is 18.5 Å². The van der Waals surface area contributed by atoms with Gasteiger partial charge >= 0.3 is 7.60 Å². The average molecular weight is 408 g/mol. The fourth-order valence-electron chi connectivity index (χ4n) is 2.83. The molecular weight excluding hydrogens is 375 g/mol. The van der Waals surface area contributed by atoms with Gasteiger partial charge < -0.3 is 14.0 Å². The Morgan fingerprint density at radius 1 is 0.821 bits per heavy atom. The van der Waals surface area contributed by atoms with Crippen molar-refractivity contribution in [3.05, 3.63) is 42.5 Å². The van der Waals surface area contributed by atoms with Crippen molar-refractivity contribution in [1.82, 2.24) is 0 Å². The maximum absolute atomic E-state index is 13.4. The molecule has 0 aliphatic rings. The molecule has 0 radical (unpaired) electrons. The van der Waals surface area contributed by atoms with Crippen molar-refractivity contribution < 1.29 is 23.1 Å². The lowest BCUT2D eigenvalue weighted by atomic mass is 10.1. The van der Waals surface area contributed by atoms with Crippen LogP contribution in [0, 0.1) is 0 Å². The van der Waals surface area contributed by atoms with Gasteiger partial charge in [-0.05, 0) is 24.8 Å². The van der Waals surface area contributed by atoms with Crippen molar-refractivity contribution in [3.8, 4) is 5.75 Å². The highest BCUT2D eigenvalue weighted by Crippen LogP contribution is 2.49. The summed E-state index contributed by atoms with van der Waals surface area (Å²) in [4.78, 5) is 0. The smallest absolute Gasteiger partial charge is 0.381 e. The fraction of sp³-hybridized carbons (Fsp3) is 0.545. The number of rotatable bonds is 15. The fourth-order valence-corrected chi connectivity index (χ4v) is 4.33. The van der Waals surface area contributed by atoms with Crippen LogP contribution in [-0.4, -0.2) is 39.2 Å². The van der Waals surface area contributed by atoms with E-state index in [2.05, 4.69) is 6.92 Å². The molecule has 1 unspecified atom stereocenters. The molecule has 0 saturated heterocycles. The van der Waals surface area contributed by atoms with Gasteiger partial charge in [-0.3, -0.25) is 4.52 Å². The molecule has 0 bridgehead atoms. The molecule has 0 heterocycles. The zero-order valence-electron chi connectivity index (χ0n) is 17.1. The molecule has 0 saturated carbocycles. The minimum absolute atomic E-state index is 0.218. The summed E-state index contributed by atoms with van der Waals surface area (Å²) in [5, 5.41) is 1.97. The first-order chi connectivity index (χ1) is 13.7. The number of fused-ring (bicyclic) bond motifs is 1. The van der Waals surface area contributed by atoms with E-state index < -0.39 is 7.60 Å². The van der Waals surface area contributed by atoms with Crippen LogP contribution in [0.4, 0.5) is 0 Å². The molecule has 0 amide bonds. The Kier molecular flexibility index (Phi) is 10.6. The molecule has 0 aliphatic heterocycles. The maximum Gasteiger partial charge on any atom is 0.381 e. The monoisotopic (exact) mass is 408 g/mol. The van der Waals surface area contributed by atoms with Crippen molar-refractivity contribution >= 4 is 18.4 Å². The third-order valence-electron chi connectivity index (χ3n) is 4.36. The predicted molar refractivity (Wildman–Crippen MR) is 114 cm³/mol. The molecule has 2 aromatic carbocycles. The van der Waals surface area contributed by atoms with Gasteiger partial charge in [-0.25, -0.2) is 4.57 Å². The first kappa shape index (κ1) is 22.9. The average Bonchev–Trinajstić information content (AvgIpc) is 2.71. The van der Waals surface area contributed by atoms with Gasteiger partial charge in [-0.2, -0.15) is 0 Å². The summed E-state index contributed by atoms with van der Waals surface area (Å²) in [7, 11) is -3.32. The van der Waals surface area contributed by atoms with Crippen molar-refractivity contribution in [3.63, 3.8) is 0 Å². The van der Waals surface area contributed by atoms with Crippen LogP contribution in [-0.2, 0) is 18.6 Å². The highest BCUT2D eigenvalue weighted by Gasteiger charge is 2.27. The van der Waals surface area contributed by atoms with Gasteiger partial charge in [0.15, 0.2) is 0 Å². The number of hydrogen-bond donors (Lipinski definition) is 0. The molecule has 1 atom stereocenters. The Bertz CT molecular complexity index is 728. The summed E-state index contributed by atoms with van der Waals surface area (Å²) in [6, 6.07) is 13.7. The molecular formula is C22H33O5P. The van der Waals surface area contributed by atoms with Gasteiger partial charge in [-0.1, -0.05) is 62.6 Å². The molecule has 0 N–H and O–H groups in total. The second-order valence-corrected chi connectivity index (χ2v) is 8.72. The van der Waals surface area contributed by atoms with Crippen LogP contribution in [0.25, 0.3) is 10.8 Å². The first-order valence-electron chi connectivity index (χ1n) is 10.2. The molecule has 2 rings (SSSR count). The van der Waals surface area contributed by atoms with E-state index in [0.29, 0.717) is 38.8 Å². The summed E-state index contributed by atoms with van der Waals surface area (Å²) in [6.07, 6.45) is 4.46. The number of benzene rings is 2. The summed E-state index contributed by atoms with van der Waals surface area (Å²) in [5.74, 6) is 0.587. The van der Waals surface area contributed by atoms with Crippen LogP contribution >= 0.6 is 7.60 Å².